The van der Waals surface area contributed by atoms with Crippen molar-refractivity contribution in [1.82, 2.24) is 15.1 Å². The van der Waals surface area contributed by atoms with Gasteiger partial charge in [-0.3, -0.25) is 0 Å². The van der Waals surface area contributed by atoms with Crippen molar-refractivity contribution < 1.29 is 0 Å². The second kappa shape index (κ2) is 8.14. The molecule has 2 rings (SSSR count). The van der Waals surface area contributed by atoms with Crippen LogP contribution in [0.5, 0.6) is 0 Å². The molecule has 0 bridgehead atoms. The quantitative estimate of drug-likeness (QED) is 0.871. The Morgan fingerprint density at radius 2 is 1.86 bits per heavy atom. The van der Waals surface area contributed by atoms with E-state index in [4.69, 9.17) is 11.6 Å². The van der Waals surface area contributed by atoms with Gasteiger partial charge in [-0.15, -0.1) is 0 Å². The first-order valence-electron chi connectivity index (χ1n) is 7.94. The van der Waals surface area contributed by atoms with E-state index in [9.17, 15) is 0 Å². The van der Waals surface area contributed by atoms with Gasteiger partial charge in [0.05, 0.1) is 0 Å². The van der Waals surface area contributed by atoms with Gasteiger partial charge in [-0.25, -0.2) is 0 Å². The van der Waals surface area contributed by atoms with Crippen molar-refractivity contribution in [1.29, 1.82) is 0 Å². The predicted octanol–water partition coefficient (Wildman–Crippen LogP) is 3.02. The zero-order valence-electron chi connectivity index (χ0n) is 13.5. The smallest absolute Gasteiger partial charge is 0.0406 e. The first-order chi connectivity index (χ1) is 10.1. The molecule has 1 aromatic rings. The Labute approximate surface area is 134 Å². The number of hydrogen-bond acceptors (Lipinski definition) is 3. The molecule has 118 valence electrons. The molecule has 1 aliphatic rings. The monoisotopic (exact) mass is 309 g/mol. The van der Waals surface area contributed by atoms with Crippen LogP contribution in [0.3, 0.4) is 0 Å². The Morgan fingerprint density at radius 1 is 1.24 bits per heavy atom. The van der Waals surface area contributed by atoms with Crippen LogP contribution < -0.4 is 5.32 Å². The van der Waals surface area contributed by atoms with Gasteiger partial charge < -0.3 is 15.1 Å². The second-order valence-corrected chi connectivity index (χ2v) is 6.70. The van der Waals surface area contributed by atoms with E-state index in [1.165, 1.54) is 31.5 Å². The van der Waals surface area contributed by atoms with E-state index in [-0.39, 0.29) is 0 Å². The fourth-order valence-corrected chi connectivity index (χ4v) is 3.09. The maximum absolute atomic E-state index is 5.93. The molecule has 1 heterocycles. The van der Waals surface area contributed by atoms with Gasteiger partial charge in [0.15, 0.2) is 0 Å². The van der Waals surface area contributed by atoms with E-state index < -0.39 is 0 Å². The van der Waals surface area contributed by atoms with Crippen LogP contribution in [-0.4, -0.2) is 56.1 Å². The van der Waals surface area contributed by atoms with Crippen LogP contribution in [0.25, 0.3) is 0 Å². The highest BCUT2D eigenvalue weighted by molar-refractivity contribution is 6.30. The van der Waals surface area contributed by atoms with Crippen LogP contribution >= 0.6 is 11.6 Å². The summed E-state index contributed by atoms with van der Waals surface area (Å²) in [5.74, 6) is 0. The number of piperidine rings is 1. The summed E-state index contributed by atoms with van der Waals surface area (Å²) in [6, 6.07) is 9.26. The summed E-state index contributed by atoms with van der Waals surface area (Å²) in [6.07, 6.45) is 2.58. The molecule has 0 amide bonds. The first-order valence-corrected chi connectivity index (χ1v) is 8.31. The lowest BCUT2D eigenvalue weighted by Crippen LogP contribution is -2.44. The maximum atomic E-state index is 5.93. The second-order valence-electron chi connectivity index (χ2n) is 6.26. The molecule has 1 aliphatic heterocycles. The van der Waals surface area contributed by atoms with E-state index in [0.29, 0.717) is 6.04 Å². The third kappa shape index (κ3) is 5.26. The number of rotatable bonds is 6. The van der Waals surface area contributed by atoms with E-state index in [1.54, 1.807) is 0 Å². The third-order valence-electron chi connectivity index (χ3n) is 4.54. The molecule has 0 aliphatic carbocycles. The average Bonchev–Trinajstić information content (AvgIpc) is 2.48. The Morgan fingerprint density at radius 3 is 2.43 bits per heavy atom. The van der Waals surface area contributed by atoms with Gasteiger partial charge in [0.1, 0.15) is 0 Å². The number of nitrogens with zero attached hydrogens (tertiary/aromatic N) is 2. The summed E-state index contributed by atoms with van der Waals surface area (Å²) in [5, 5.41) is 4.41. The molecular weight excluding hydrogens is 282 g/mol. The normalized spacial score (nSPS) is 19.1. The van der Waals surface area contributed by atoms with E-state index in [2.05, 4.69) is 48.3 Å². The Bertz CT molecular complexity index is 411. The predicted molar refractivity (Wildman–Crippen MR) is 91.0 cm³/mol. The summed E-state index contributed by atoms with van der Waals surface area (Å²) in [6.45, 7) is 6.83. The fourth-order valence-electron chi connectivity index (χ4n) is 2.97. The van der Waals surface area contributed by atoms with Crippen molar-refractivity contribution >= 4 is 11.6 Å². The molecule has 3 nitrogen and oxygen atoms in total. The Hall–Kier alpha value is -0.610. The zero-order valence-corrected chi connectivity index (χ0v) is 14.2. The number of likely N-dealkylation sites (tertiary alicyclic amines) is 1. The van der Waals surface area contributed by atoms with Gasteiger partial charge >= 0.3 is 0 Å². The standard InChI is InChI=1S/C17H28ClN3/c1-14(15-4-6-16(18)7-5-15)19-10-13-21-11-8-17(9-12-21)20(2)3/h4-7,14,17,19H,8-13H2,1-3H3/t14-/m1/s1. The van der Waals surface area contributed by atoms with Crippen LogP contribution in [0.4, 0.5) is 0 Å². The zero-order chi connectivity index (χ0) is 15.2. The lowest BCUT2D eigenvalue weighted by atomic mass is 10.0. The van der Waals surface area contributed by atoms with E-state index in [1.807, 2.05) is 12.1 Å². The van der Waals surface area contributed by atoms with Crippen LogP contribution in [0.2, 0.25) is 5.02 Å². The molecule has 1 atom stereocenters. The Balaban J connectivity index is 1.67. The molecular formula is C17H28ClN3. The molecule has 4 heteroatoms. The number of nitrogens with one attached hydrogen (secondary N) is 1. The minimum absolute atomic E-state index is 0.376. The summed E-state index contributed by atoms with van der Waals surface area (Å²) in [4.78, 5) is 4.93. The summed E-state index contributed by atoms with van der Waals surface area (Å²) in [5.41, 5.74) is 1.30. The number of halogens is 1. The van der Waals surface area contributed by atoms with Gasteiger partial charge in [-0.1, -0.05) is 23.7 Å². The number of hydrogen-bond donors (Lipinski definition) is 1. The molecule has 1 N–H and O–H groups in total. The van der Waals surface area contributed by atoms with Gasteiger partial charge in [0.25, 0.3) is 0 Å². The lowest BCUT2D eigenvalue weighted by molar-refractivity contribution is 0.145. The van der Waals surface area contributed by atoms with Crippen molar-refractivity contribution in [2.75, 3.05) is 40.3 Å². The van der Waals surface area contributed by atoms with Crippen molar-refractivity contribution in [2.45, 2.75) is 31.8 Å². The van der Waals surface area contributed by atoms with Crippen molar-refractivity contribution in [3.63, 3.8) is 0 Å². The van der Waals surface area contributed by atoms with E-state index in [0.717, 1.165) is 24.2 Å². The maximum Gasteiger partial charge on any atom is 0.0406 e. The highest BCUT2D eigenvalue weighted by Crippen LogP contribution is 2.16. The van der Waals surface area contributed by atoms with Gasteiger partial charge in [-0.2, -0.15) is 0 Å². The largest absolute Gasteiger partial charge is 0.309 e. The fraction of sp³-hybridized carbons (Fsp3) is 0.647. The SMILES string of the molecule is C[C@@H](NCCN1CCC(N(C)C)CC1)c1ccc(Cl)cc1. The van der Waals surface area contributed by atoms with Gasteiger partial charge in [0.2, 0.25) is 0 Å². The lowest BCUT2D eigenvalue weighted by Gasteiger charge is -2.35. The first kappa shape index (κ1) is 16.8. The molecule has 1 aromatic carbocycles. The molecule has 1 fully saturated rings. The molecule has 21 heavy (non-hydrogen) atoms. The van der Waals surface area contributed by atoms with E-state index >= 15 is 0 Å². The van der Waals surface area contributed by atoms with Crippen molar-refractivity contribution in [3.8, 4) is 0 Å². The topological polar surface area (TPSA) is 18.5 Å². The van der Waals surface area contributed by atoms with Gasteiger partial charge in [0, 0.05) is 30.2 Å². The third-order valence-corrected chi connectivity index (χ3v) is 4.79. The average molecular weight is 310 g/mol. The molecule has 0 aromatic heterocycles. The molecule has 1 saturated heterocycles. The van der Waals surface area contributed by atoms with Crippen molar-refractivity contribution in [3.05, 3.63) is 34.9 Å². The van der Waals surface area contributed by atoms with Crippen LogP contribution in [0.1, 0.15) is 31.4 Å². The van der Waals surface area contributed by atoms with Gasteiger partial charge in [-0.05, 0) is 64.6 Å². The summed E-state index contributed by atoms with van der Waals surface area (Å²) in [7, 11) is 4.38. The molecule has 0 unspecified atom stereocenters. The summed E-state index contributed by atoms with van der Waals surface area (Å²) < 4.78 is 0. The van der Waals surface area contributed by atoms with Crippen molar-refractivity contribution in [2.24, 2.45) is 0 Å². The van der Waals surface area contributed by atoms with Crippen LogP contribution in [-0.2, 0) is 0 Å². The molecule has 0 saturated carbocycles. The number of benzene rings is 1. The minimum atomic E-state index is 0.376. The highest BCUT2D eigenvalue weighted by Gasteiger charge is 2.20. The molecule has 0 radical (unpaired) electrons. The Kier molecular flexibility index (Phi) is 6.49. The van der Waals surface area contributed by atoms with Crippen LogP contribution in [0.15, 0.2) is 24.3 Å². The minimum Gasteiger partial charge on any atom is -0.309 e. The van der Waals surface area contributed by atoms with Crippen LogP contribution in [0, 0.1) is 0 Å². The molecule has 0 spiro atoms. The summed E-state index contributed by atoms with van der Waals surface area (Å²) >= 11 is 5.93. The highest BCUT2D eigenvalue weighted by atomic mass is 35.5.